The third kappa shape index (κ3) is 3.22. The molecule has 108 valence electrons. The van der Waals surface area contributed by atoms with Gasteiger partial charge in [0.05, 0.1) is 15.0 Å². The van der Waals surface area contributed by atoms with Gasteiger partial charge in [-0.2, -0.15) is 0 Å². The maximum absolute atomic E-state index is 13.5. The molecule has 0 saturated heterocycles. The Morgan fingerprint density at radius 1 is 1.48 bits per heavy atom. The summed E-state index contributed by atoms with van der Waals surface area (Å²) in [5, 5.41) is 11.0. The third-order valence-electron chi connectivity index (χ3n) is 2.56. The number of pyridine rings is 1. The van der Waals surface area contributed by atoms with Crippen LogP contribution in [0.1, 0.15) is 17.3 Å². The summed E-state index contributed by atoms with van der Waals surface area (Å²) in [6.07, 6.45) is 1.36. The summed E-state index contributed by atoms with van der Waals surface area (Å²) in [4.78, 5) is 25.6. The highest BCUT2D eigenvalue weighted by Crippen LogP contribution is 2.35. The normalized spacial score (nSPS) is 10.2. The summed E-state index contributed by atoms with van der Waals surface area (Å²) in [6, 6.07) is 4.84. The van der Waals surface area contributed by atoms with E-state index in [0.29, 0.717) is 0 Å². The Kier molecular flexibility index (Phi) is 4.27. The number of rotatable bonds is 4. The first-order valence-electron chi connectivity index (χ1n) is 5.67. The van der Waals surface area contributed by atoms with E-state index >= 15 is 0 Å². The maximum atomic E-state index is 13.5. The fourth-order valence-electron chi connectivity index (χ4n) is 1.59. The van der Waals surface area contributed by atoms with Crippen molar-refractivity contribution >= 4 is 27.4 Å². The molecular formula is C13H8BrFN2O4. The Balaban J connectivity index is 2.52. The summed E-state index contributed by atoms with van der Waals surface area (Å²) >= 11 is 2.87. The van der Waals surface area contributed by atoms with Gasteiger partial charge < -0.3 is 4.74 Å². The van der Waals surface area contributed by atoms with Gasteiger partial charge in [-0.05, 0) is 35.0 Å². The highest BCUT2D eigenvalue weighted by Gasteiger charge is 2.21. The number of carbonyl (C=O) groups excluding carboxylic acids is 1. The van der Waals surface area contributed by atoms with Gasteiger partial charge in [0.2, 0.25) is 11.6 Å². The van der Waals surface area contributed by atoms with E-state index in [9.17, 15) is 19.3 Å². The van der Waals surface area contributed by atoms with E-state index in [0.717, 1.165) is 12.1 Å². The fraction of sp³-hybridized carbons (Fsp3) is 0.0769. The molecule has 8 heteroatoms. The van der Waals surface area contributed by atoms with Crippen LogP contribution in [0.4, 0.5) is 10.1 Å². The minimum Gasteiger partial charge on any atom is -0.431 e. The second kappa shape index (κ2) is 5.96. The lowest BCUT2D eigenvalue weighted by atomic mass is 10.2. The molecule has 0 saturated carbocycles. The van der Waals surface area contributed by atoms with Crippen LogP contribution in [-0.2, 0) is 0 Å². The van der Waals surface area contributed by atoms with Crippen molar-refractivity contribution in [2.45, 2.75) is 6.92 Å². The lowest BCUT2D eigenvalue weighted by Gasteiger charge is -2.08. The molecule has 1 heterocycles. The van der Waals surface area contributed by atoms with Gasteiger partial charge in [0.1, 0.15) is 5.82 Å². The van der Waals surface area contributed by atoms with Crippen molar-refractivity contribution in [2.75, 3.05) is 0 Å². The minimum absolute atomic E-state index is 0.0608. The van der Waals surface area contributed by atoms with Crippen LogP contribution in [0.15, 0.2) is 34.9 Å². The lowest BCUT2D eigenvalue weighted by molar-refractivity contribution is -0.385. The largest absolute Gasteiger partial charge is 0.431 e. The van der Waals surface area contributed by atoms with Crippen molar-refractivity contribution < 1.29 is 18.8 Å². The van der Waals surface area contributed by atoms with Gasteiger partial charge in [-0.1, -0.05) is 0 Å². The van der Waals surface area contributed by atoms with Crippen molar-refractivity contribution in [3.63, 3.8) is 0 Å². The predicted molar refractivity (Wildman–Crippen MR) is 75.1 cm³/mol. The molecule has 0 fully saturated rings. The van der Waals surface area contributed by atoms with E-state index < -0.39 is 16.4 Å². The number of nitrogens with zero attached hydrogens (tertiary/aromatic N) is 2. The number of aromatic nitrogens is 1. The van der Waals surface area contributed by atoms with Gasteiger partial charge in [0.15, 0.2) is 5.78 Å². The van der Waals surface area contributed by atoms with E-state index in [4.69, 9.17) is 4.74 Å². The zero-order valence-corrected chi connectivity index (χ0v) is 12.3. The number of hydrogen-bond donors (Lipinski definition) is 0. The number of Topliss-reactive ketones (excluding diaryl/α,β-unsaturated/α-hetero) is 1. The van der Waals surface area contributed by atoms with Crippen molar-refractivity contribution in [3.8, 4) is 11.6 Å². The average Bonchev–Trinajstić information content (AvgIpc) is 2.42. The van der Waals surface area contributed by atoms with Crippen LogP contribution < -0.4 is 4.74 Å². The van der Waals surface area contributed by atoms with Crippen molar-refractivity contribution in [1.29, 1.82) is 0 Å². The maximum Gasteiger partial charge on any atom is 0.312 e. The molecule has 1 aromatic heterocycles. The van der Waals surface area contributed by atoms with Crippen molar-refractivity contribution in [3.05, 3.63) is 56.4 Å². The number of halogens is 2. The number of ketones is 1. The molecule has 2 rings (SSSR count). The molecule has 0 aliphatic carbocycles. The van der Waals surface area contributed by atoms with Crippen molar-refractivity contribution in [1.82, 2.24) is 4.98 Å². The SMILES string of the molecule is CC(=O)c1cccnc1Oc1cc(F)c(Br)cc1[N+](=O)[O-]. The molecule has 0 N–H and O–H groups in total. The summed E-state index contributed by atoms with van der Waals surface area (Å²) in [7, 11) is 0. The number of hydrogen-bond acceptors (Lipinski definition) is 5. The first-order valence-corrected chi connectivity index (χ1v) is 6.46. The molecule has 0 aliphatic rings. The molecular weight excluding hydrogens is 347 g/mol. The molecule has 21 heavy (non-hydrogen) atoms. The van der Waals surface area contributed by atoms with E-state index in [1.165, 1.54) is 25.3 Å². The molecule has 0 unspecified atom stereocenters. The molecule has 2 aromatic rings. The Morgan fingerprint density at radius 2 is 2.19 bits per heavy atom. The van der Waals surface area contributed by atoms with Gasteiger partial charge >= 0.3 is 5.69 Å². The number of nitro groups is 1. The van der Waals surface area contributed by atoms with Crippen LogP contribution in [0.5, 0.6) is 11.6 Å². The van der Waals surface area contributed by atoms with Crippen LogP contribution in [0, 0.1) is 15.9 Å². The molecule has 0 radical (unpaired) electrons. The van der Waals surface area contributed by atoms with Gasteiger partial charge in [0, 0.05) is 18.3 Å². The van der Waals surface area contributed by atoms with Crippen molar-refractivity contribution in [2.24, 2.45) is 0 Å². The standard InChI is InChI=1S/C13H8BrFN2O4/c1-7(18)8-3-2-4-16-13(8)21-12-6-10(15)9(14)5-11(12)17(19)20/h2-6H,1H3. The molecule has 1 aromatic carbocycles. The van der Waals surface area contributed by atoms with Crippen LogP contribution in [0.2, 0.25) is 0 Å². The summed E-state index contributed by atoms with van der Waals surface area (Å²) < 4.78 is 18.8. The molecule has 0 atom stereocenters. The number of nitro benzene ring substituents is 1. The van der Waals surface area contributed by atoms with Gasteiger partial charge in [-0.25, -0.2) is 9.37 Å². The quantitative estimate of drug-likeness (QED) is 0.472. The van der Waals surface area contributed by atoms with Crippen LogP contribution >= 0.6 is 15.9 Å². The highest BCUT2D eigenvalue weighted by molar-refractivity contribution is 9.10. The molecule has 0 spiro atoms. The number of ether oxygens (including phenoxy) is 1. The third-order valence-corrected chi connectivity index (χ3v) is 3.16. The Hall–Kier alpha value is -2.35. The molecule has 0 aliphatic heterocycles. The van der Waals surface area contributed by atoms with Crippen LogP contribution in [0.25, 0.3) is 0 Å². The minimum atomic E-state index is -0.726. The lowest BCUT2D eigenvalue weighted by Crippen LogP contribution is -2.01. The highest BCUT2D eigenvalue weighted by atomic mass is 79.9. The predicted octanol–water partition coefficient (Wildman–Crippen LogP) is 3.89. The van der Waals surface area contributed by atoms with E-state index in [2.05, 4.69) is 20.9 Å². The first kappa shape index (κ1) is 15.0. The van der Waals surface area contributed by atoms with Gasteiger partial charge in [-0.3, -0.25) is 14.9 Å². The second-order valence-corrected chi connectivity index (χ2v) is 4.86. The topological polar surface area (TPSA) is 82.3 Å². The Morgan fingerprint density at radius 3 is 2.81 bits per heavy atom. The Labute approximate surface area is 126 Å². The van der Waals surface area contributed by atoms with E-state index in [1.54, 1.807) is 0 Å². The summed E-state index contributed by atoms with van der Waals surface area (Å²) in [5.74, 6) is -1.49. The zero-order valence-electron chi connectivity index (χ0n) is 10.7. The van der Waals surface area contributed by atoms with E-state index in [1.807, 2.05) is 0 Å². The summed E-state index contributed by atoms with van der Waals surface area (Å²) in [6.45, 7) is 1.31. The average molecular weight is 355 g/mol. The second-order valence-electron chi connectivity index (χ2n) is 4.01. The smallest absolute Gasteiger partial charge is 0.312 e. The van der Waals surface area contributed by atoms with Gasteiger partial charge in [-0.15, -0.1) is 0 Å². The molecule has 0 bridgehead atoms. The van der Waals surface area contributed by atoms with E-state index in [-0.39, 0.29) is 27.4 Å². The number of benzene rings is 1. The Bertz CT molecular complexity index is 736. The zero-order chi connectivity index (χ0) is 15.6. The van der Waals surface area contributed by atoms with Gasteiger partial charge in [0.25, 0.3) is 0 Å². The van der Waals surface area contributed by atoms with Crippen LogP contribution in [0.3, 0.4) is 0 Å². The molecule has 0 amide bonds. The fourth-order valence-corrected chi connectivity index (χ4v) is 1.92. The molecule has 6 nitrogen and oxygen atoms in total. The number of carbonyl (C=O) groups is 1. The summed E-state index contributed by atoms with van der Waals surface area (Å²) in [5.41, 5.74) is -0.293. The first-order chi connectivity index (χ1) is 9.90. The van der Waals surface area contributed by atoms with Crippen LogP contribution in [-0.4, -0.2) is 15.7 Å². The monoisotopic (exact) mass is 354 g/mol.